The van der Waals surface area contributed by atoms with Gasteiger partial charge in [0.05, 0.1) is 0 Å². The van der Waals surface area contributed by atoms with Gasteiger partial charge in [-0.15, -0.1) is 0 Å². The van der Waals surface area contributed by atoms with Crippen molar-refractivity contribution in [2.75, 3.05) is 5.32 Å². The summed E-state index contributed by atoms with van der Waals surface area (Å²) in [6, 6.07) is 6.41. The van der Waals surface area contributed by atoms with Crippen molar-refractivity contribution >= 4 is 11.6 Å². The first-order valence-electron chi connectivity index (χ1n) is 6.62. The second-order valence-electron chi connectivity index (χ2n) is 4.53. The predicted molar refractivity (Wildman–Crippen MR) is 76.4 cm³/mol. The number of anilines is 2. The Balaban J connectivity index is 2.30. The van der Waals surface area contributed by atoms with Gasteiger partial charge in [0.2, 0.25) is 5.95 Å². The Morgan fingerprint density at radius 3 is 2.83 bits per heavy atom. The van der Waals surface area contributed by atoms with Crippen LogP contribution in [0, 0.1) is 6.92 Å². The Morgan fingerprint density at radius 1 is 1.28 bits per heavy atom. The van der Waals surface area contributed by atoms with Gasteiger partial charge in [-0.25, -0.2) is 4.98 Å². The van der Waals surface area contributed by atoms with Crippen molar-refractivity contribution in [1.82, 2.24) is 9.55 Å². The van der Waals surface area contributed by atoms with Crippen molar-refractivity contribution in [2.45, 2.75) is 40.2 Å². The number of para-hydroxylation sites is 1. The van der Waals surface area contributed by atoms with Gasteiger partial charge in [-0.1, -0.05) is 32.0 Å². The number of nitrogens with one attached hydrogen (secondary N) is 1. The Labute approximate surface area is 109 Å². The molecule has 0 unspecified atom stereocenters. The molecule has 0 aliphatic heterocycles. The minimum Gasteiger partial charge on any atom is -0.325 e. The molecule has 1 aromatic heterocycles. The molecule has 1 N–H and O–H groups in total. The number of nitrogens with zero attached hydrogens (tertiary/aromatic N) is 2. The zero-order chi connectivity index (χ0) is 13.0. The van der Waals surface area contributed by atoms with Crippen molar-refractivity contribution in [2.24, 2.45) is 0 Å². The molecule has 96 valence electrons. The van der Waals surface area contributed by atoms with E-state index in [-0.39, 0.29) is 0 Å². The molecule has 0 aliphatic carbocycles. The average molecular weight is 243 g/mol. The highest BCUT2D eigenvalue weighted by molar-refractivity contribution is 5.63. The molecule has 0 atom stereocenters. The third kappa shape index (κ3) is 2.55. The Morgan fingerprint density at radius 2 is 2.11 bits per heavy atom. The molecule has 1 aromatic carbocycles. The second-order valence-corrected chi connectivity index (χ2v) is 4.53. The Kier molecular flexibility index (Phi) is 4.03. The van der Waals surface area contributed by atoms with Crippen molar-refractivity contribution in [3.63, 3.8) is 0 Å². The lowest BCUT2D eigenvalue weighted by molar-refractivity contribution is 0.686. The van der Waals surface area contributed by atoms with Crippen LogP contribution in [0.2, 0.25) is 0 Å². The summed E-state index contributed by atoms with van der Waals surface area (Å²) in [6.07, 6.45) is 6.01. The Hall–Kier alpha value is -1.77. The summed E-state index contributed by atoms with van der Waals surface area (Å²) < 4.78 is 2.16. The van der Waals surface area contributed by atoms with Gasteiger partial charge in [0.1, 0.15) is 0 Å². The van der Waals surface area contributed by atoms with Gasteiger partial charge >= 0.3 is 0 Å². The van der Waals surface area contributed by atoms with Crippen LogP contribution in [0.25, 0.3) is 0 Å². The summed E-state index contributed by atoms with van der Waals surface area (Å²) in [4.78, 5) is 4.40. The van der Waals surface area contributed by atoms with Crippen LogP contribution in [0.15, 0.2) is 30.6 Å². The van der Waals surface area contributed by atoms with Crippen LogP contribution >= 0.6 is 0 Å². The fourth-order valence-corrected chi connectivity index (χ4v) is 2.17. The minimum atomic E-state index is 0.931. The first-order chi connectivity index (χ1) is 8.76. The zero-order valence-electron chi connectivity index (χ0n) is 11.4. The van der Waals surface area contributed by atoms with Crippen LogP contribution < -0.4 is 5.32 Å². The normalized spacial score (nSPS) is 10.6. The van der Waals surface area contributed by atoms with E-state index in [1.807, 2.05) is 12.4 Å². The lowest BCUT2D eigenvalue weighted by Gasteiger charge is -2.14. The zero-order valence-corrected chi connectivity index (χ0v) is 11.4. The number of imidazole rings is 1. The average Bonchev–Trinajstić information content (AvgIpc) is 2.80. The van der Waals surface area contributed by atoms with E-state index in [0.717, 1.165) is 25.3 Å². The van der Waals surface area contributed by atoms with Crippen molar-refractivity contribution in [3.8, 4) is 0 Å². The molecular formula is C15H21N3. The predicted octanol–water partition coefficient (Wildman–Crippen LogP) is 3.91. The fourth-order valence-electron chi connectivity index (χ4n) is 2.17. The highest BCUT2D eigenvalue weighted by Gasteiger charge is 2.07. The highest BCUT2D eigenvalue weighted by Crippen LogP contribution is 2.24. The van der Waals surface area contributed by atoms with E-state index in [1.54, 1.807) is 0 Å². The SMILES string of the molecule is CCCn1ccnc1Nc1c(C)cccc1CC. The summed E-state index contributed by atoms with van der Waals surface area (Å²) in [7, 11) is 0. The van der Waals surface area contributed by atoms with E-state index >= 15 is 0 Å². The van der Waals surface area contributed by atoms with Crippen LogP contribution in [0.5, 0.6) is 0 Å². The second kappa shape index (κ2) is 5.71. The maximum Gasteiger partial charge on any atom is 0.207 e. The largest absolute Gasteiger partial charge is 0.325 e. The smallest absolute Gasteiger partial charge is 0.207 e. The van der Waals surface area contributed by atoms with Crippen LogP contribution in [-0.2, 0) is 13.0 Å². The van der Waals surface area contributed by atoms with Gasteiger partial charge in [0.15, 0.2) is 0 Å². The molecule has 0 spiro atoms. The monoisotopic (exact) mass is 243 g/mol. The van der Waals surface area contributed by atoms with Gasteiger partial charge in [-0.3, -0.25) is 0 Å². The molecule has 2 rings (SSSR count). The maximum absolute atomic E-state index is 4.40. The number of aryl methyl sites for hydroxylation is 3. The molecule has 0 amide bonds. The molecule has 3 heteroatoms. The standard InChI is InChI=1S/C15H21N3/c1-4-10-18-11-9-16-15(18)17-14-12(3)7-6-8-13(14)5-2/h6-9,11H,4-5,10H2,1-3H3,(H,16,17). The van der Waals surface area contributed by atoms with Crippen molar-refractivity contribution < 1.29 is 0 Å². The highest BCUT2D eigenvalue weighted by atomic mass is 15.2. The first kappa shape index (κ1) is 12.7. The number of aromatic nitrogens is 2. The number of hydrogen-bond acceptors (Lipinski definition) is 2. The molecule has 0 bridgehead atoms. The lowest BCUT2D eigenvalue weighted by Crippen LogP contribution is -2.05. The molecule has 3 nitrogen and oxygen atoms in total. The van der Waals surface area contributed by atoms with E-state index in [0.29, 0.717) is 0 Å². The molecule has 0 fully saturated rings. The van der Waals surface area contributed by atoms with Gasteiger partial charge in [0, 0.05) is 24.6 Å². The van der Waals surface area contributed by atoms with Gasteiger partial charge in [-0.2, -0.15) is 0 Å². The molecule has 0 radical (unpaired) electrons. The van der Waals surface area contributed by atoms with Crippen LogP contribution in [0.4, 0.5) is 11.6 Å². The van der Waals surface area contributed by atoms with Crippen molar-refractivity contribution in [3.05, 3.63) is 41.7 Å². The third-order valence-corrected chi connectivity index (χ3v) is 3.16. The summed E-state index contributed by atoms with van der Waals surface area (Å²) >= 11 is 0. The maximum atomic E-state index is 4.40. The molecule has 1 heterocycles. The van der Waals surface area contributed by atoms with E-state index in [9.17, 15) is 0 Å². The summed E-state index contributed by atoms with van der Waals surface area (Å²) in [5.74, 6) is 0.931. The van der Waals surface area contributed by atoms with Gasteiger partial charge in [-0.05, 0) is 30.9 Å². The first-order valence-corrected chi connectivity index (χ1v) is 6.62. The molecule has 18 heavy (non-hydrogen) atoms. The van der Waals surface area contributed by atoms with Gasteiger partial charge in [0.25, 0.3) is 0 Å². The Bertz CT molecular complexity index is 514. The number of benzene rings is 1. The van der Waals surface area contributed by atoms with E-state index in [1.165, 1.54) is 16.8 Å². The topological polar surface area (TPSA) is 29.9 Å². The molecule has 0 saturated heterocycles. The van der Waals surface area contributed by atoms with Crippen molar-refractivity contribution in [1.29, 1.82) is 0 Å². The quantitative estimate of drug-likeness (QED) is 0.863. The molecule has 0 aliphatic rings. The van der Waals surface area contributed by atoms with E-state index in [2.05, 4.69) is 53.8 Å². The number of hydrogen-bond donors (Lipinski definition) is 1. The van der Waals surface area contributed by atoms with Crippen LogP contribution in [0.1, 0.15) is 31.4 Å². The summed E-state index contributed by atoms with van der Waals surface area (Å²) in [6.45, 7) is 7.48. The number of rotatable bonds is 5. The molecular weight excluding hydrogens is 222 g/mol. The van der Waals surface area contributed by atoms with Crippen LogP contribution in [-0.4, -0.2) is 9.55 Å². The minimum absolute atomic E-state index is 0.931. The van der Waals surface area contributed by atoms with E-state index < -0.39 is 0 Å². The fraction of sp³-hybridized carbons (Fsp3) is 0.400. The van der Waals surface area contributed by atoms with Gasteiger partial charge < -0.3 is 9.88 Å². The van der Waals surface area contributed by atoms with Crippen LogP contribution in [0.3, 0.4) is 0 Å². The van der Waals surface area contributed by atoms with E-state index in [4.69, 9.17) is 0 Å². The lowest BCUT2D eigenvalue weighted by atomic mass is 10.1. The molecule has 0 saturated carbocycles. The summed E-state index contributed by atoms with van der Waals surface area (Å²) in [5.41, 5.74) is 3.80. The summed E-state index contributed by atoms with van der Waals surface area (Å²) in [5, 5.41) is 3.48. The molecule has 2 aromatic rings. The third-order valence-electron chi connectivity index (χ3n) is 3.16.